The first kappa shape index (κ1) is 11.8. The molecule has 0 saturated carbocycles. The number of Topliss-reactive ketones (excluding diaryl/α,β-unsaturated/α-hetero) is 1. The van der Waals surface area contributed by atoms with Crippen molar-refractivity contribution in [3.05, 3.63) is 40.1 Å². The van der Waals surface area contributed by atoms with Gasteiger partial charge in [0.15, 0.2) is 0 Å². The molecule has 0 unspecified atom stereocenters. The number of ether oxygens (including phenoxy) is 1. The molecule has 0 aliphatic heterocycles. The zero-order valence-corrected chi connectivity index (χ0v) is 9.30. The molecule has 1 aromatic carbocycles. The second kappa shape index (κ2) is 4.28. The van der Waals surface area contributed by atoms with Gasteiger partial charge in [-0.15, -0.1) is 0 Å². The van der Waals surface area contributed by atoms with Crippen LogP contribution in [0.3, 0.4) is 0 Å². The Kier molecular flexibility index (Phi) is 2.80. The van der Waals surface area contributed by atoms with Crippen LogP contribution in [-0.4, -0.2) is 28.8 Å². The van der Waals surface area contributed by atoms with E-state index in [4.69, 9.17) is 0 Å². The lowest BCUT2D eigenvalue weighted by Gasteiger charge is -1.97. The number of ketones is 1. The van der Waals surface area contributed by atoms with Gasteiger partial charge in [-0.25, -0.2) is 4.79 Å². The number of H-pyrrole nitrogens is 1. The van der Waals surface area contributed by atoms with Crippen molar-refractivity contribution in [2.45, 2.75) is 0 Å². The van der Waals surface area contributed by atoms with Gasteiger partial charge >= 0.3 is 5.97 Å². The average molecular weight is 248 g/mol. The molecule has 92 valence electrons. The summed E-state index contributed by atoms with van der Waals surface area (Å²) in [4.78, 5) is 35.7. The third-order valence-corrected chi connectivity index (χ3v) is 2.51. The maximum Gasteiger partial charge on any atom is 0.379 e. The maximum atomic E-state index is 11.7. The summed E-state index contributed by atoms with van der Waals surface area (Å²) < 4.78 is 4.33. The summed E-state index contributed by atoms with van der Waals surface area (Å²) in [5.74, 6) is -1.85. The van der Waals surface area contributed by atoms with E-state index >= 15 is 0 Å². The third kappa shape index (κ3) is 1.71. The highest BCUT2D eigenvalue weighted by atomic mass is 16.6. The van der Waals surface area contributed by atoms with E-state index < -0.39 is 16.7 Å². The predicted octanol–water partition coefficient (Wildman–Crippen LogP) is 1.43. The molecule has 2 aromatic rings. The summed E-state index contributed by atoms with van der Waals surface area (Å²) in [6.45, 7) is 0. The molecular formula is C11H8N2O5. The van der Waals surface area contributed by atoms with Crippen molar-refractivity contribution < 1.29 is 19.2 Å². The Balaban J connectivity index is 2.63. The largest absolute Gasteiger partial charge is 0.463 e. The quantitative estimate of drug-likeness (QED) is 0.291. The summed E-state index contributed by atoms with van der Waals surface area (Å²) in [7, 11) is 1.09. The number of carbonyl (C=O) groups excluding carboxylic acids is 2. The van der Waals surface area contributed by atoms with Crippen molar-refractivity contribution in [1.82, 2.24) is 4.98 Å². The molecule has 0 aliphatic carbocycles. The Morgan fingerprint density at radius 3 is 2.72 bits per heavy atom. The number of hydrogen-bond donors (Lipinski definition) is 1. The van der Waals surface area contributed by atoms with E-state index in [1.54, 1.807) is 0 Å². The molecule has 2 rings (SSSR count). The highest BCUT2D eigenvalue weighted by Crippen LogP contribution is 2.27. The number of benzene rings is 1. The number of rotatable bonds is 3. The minimum absolute atomic E-state index is 0.0561. The first-order valence-electron chi connectivity index (χ1n) is 4.93. The number of fused-ring (bicyclic) bond motifs is 1. The molecule has 0 fully saturated rings. The van der Waals surface area contributed by atoms with Crippen LogP contribution in [0.4, 0.5) is 5.69 Å². The molecule has 0 aliphatic rings. The van der Waals surface area contributed by atoms with Crippen molar-refractivity contribution in [2.24, 2.45) is 0 Å². The van der Waals surface area contributed by atoms with Crippen LogP contribution in [0.2, 0.25) is 0 Å². The summed E-state index contributed by atoms with van der Waals surface area (Å²) in [5, 5.41) is 11.1. The van der Waals surface area contributed by atoms with Crippen LogP contribution in [0.5, 0.6) is 0 Å². The SMILES string of the molecule is COC(=O)C(=O)c1c[nH]c2c([N+](=O)[O-])cccc12. The van der Waals surface area contributed by atoms with Gasteiger partial charge in [0.25, 0.3) is 11.5 Å². The first-order chi connectivity index (χ1) is 8.56. The van der Waals surface area contributed by atoms with Crippen molar-refractivity contribution in [3.63, 3.8) is 0 Å². The summed E-state index contributed by atoms with van der Waals surface area (Å²) in [6.07, 6.45) is 1.26. The summed E-state index contributed by atoms with van der Waals surface area (Å²) in [5.41, 5.74) is 0.103. The number of nitro benzene ring substituents is 1. The molecule has 1 N–H and O–H groups in total. The molecule has 0 bridgehead atoms. The fraction of sp³-hybridized carbons (Fsp3) is 0.0909. The van der Waals surface area contributed by atoms with Crippen LogP contribution in [0.1, 0.15) is 10.4 Å². The minimum atomic E-state index is -1.01. The van der Waals surface area contributed by atoms with Gasteiger partial charge in [0.05, 0.1) is 17.6 Å². The fourth-order valence-corrected chi connectivity index (χ4v) is 1.68. The number of nitro groups is 1. The van der Waals surface area contributed by atoms with Crippen LogP contribution in [0.15, 0.2) is 24.4 Å². The molecule has 0 spiro atoms. The van der Waals surface area contributed by atoms with Crippen LogP contribution < -0.4 is 0 Å². The third-order valence-electron chi connectivity index (χ3n) is 2.51. The normalized spacial score (nSPS) is 10.3. The van der Waals surface area contributed by atoms with Crippen LogP contribution >= 0.6 is 0 Å². The number of nitrogens with one attached hydrogen (secondary N) is 1. The van der Waals surface area contributed by atoms with E-state index in [9.17, 15) is 19.7 Å². The molecular weight excluding hydrogens is 240 g/mol. The number of nitrogens with zero attached hydrogens (tertiary/aromatic N) is 1. The first-order valence-corrected chi connectivity index (χ1v) is 4.93. The van der Waals surface area contributed by atoms with Crippen molar-refractivity contribution in [2.75, 3.05) is 7.11 Å². The topological polar surface area (TPSA) is 102 Å². The Labute approximate surface area is 101 Å². The van der Waals surface area contributed by atoms with E-state index in [2.05, 4.69) is 9.72 Å². The number of methoxy groups -OCH3 is 1. The molecule has 0 amide bonds. The number of non-ortho nitro benzene ring substituents is 1. The second-order valence-electron chi connectivity index (χ2n) is 3.48. The highest BCUT2D eigenvalue weighted by Gasteiger charge is 2.23. The predicted molar refractivity (Wildman–Crippen MR) is 61.3 cm³/mol. The van der Waals surface area contributed by atoms with Crippen LogP contribution in [-0.2, 0) is 9.53 Å². The molecule has 18 heavy (non-hydrogen) atoms. The lowest BCUT2D eigenvalue weighted by atomic mass is 10.1. The van der Waals surface area contributed by atoms with Gasteiger partial charge in [-0.3, -0.25) is 14.9 Å². The van der Waals surface area contributed by atoms with E-state index in [-0.39, 0.29) is 16.8 Å². The van der Waals surface area contributed by atoms with E-state index in [1.807, 2.05) is 0 Å². The number of aromatic amines is 1. The molecule has 7 nitrogen and oxygen atoms in total. The maximum absolute atomic E-state index is 11.7. The van der Waals surface area contributed by atoms with Gasteiger partial charge in [0.1, 0.15) is 5.52 Å². The zero-order chi connectivity index (χ0) is 13.3. The monoisotopic (exact) mass is 248 g/mol. The number of esters is 1. The zero-order valence-electron chi connectivity index (χ0n) is 9.30. The number of aromatic nitrogens is 1. The smallest absolute Gasteiger partial charge is 0.379 e. The Morgan fingerprint density at radius 1 is 1.39 bits per heavy atom. The van der Waals surface area contributed by atoms with E-state index in [1.165, 1.54) is 24.4 Å². The van der Waals surface area contributed by atoms with Gasteiger partial charge in [-0.1, -0.05) is 12.1 Å². The van der Waals surface area contributed by atoms with Gasteiger partial charge in [0.2, 0.25) is 0 Å². The summed E-state index contributed by atoms with van der Waals surface area (Å²) >= 11 is 0. The van der Waals surface area contributed by atoms with Gasteiger partial charge in [0, 0.05) is 17.6 Å². The molecule has 1 heterocycles. The second-order valence-corrected chi connectivity index (χ2v) is 3.48. The fourth-order valence-electron chi connectivity index (χ4n) is 1.68. The van der Waals surface area contributed by atoms with E-state index in [0.29, 0.717) is 5.39 Å². The highest BCUT2D eigenvalue weighted by molar-refractivity contribution is 6.43. The molecule has 0 saturated heterocycles. The van der Waals surface area contributed by atoms with Crippen molar-refractivity contribution in [3.8, 4) is 0 Å². The lowest BCUT2D eigenvalue weighted by Crippen LogP contribution is -2.15. The van der Waals surface area contributed by atoms with Crippen LogP contribution in [0, 0.1) is 10.1 Å². The van der Waals surface area contributed by atoms with Crippen molar-refractivity contribution in [1.29, 1.82) is 0 Å². The van der Waals surface area contributed by atoms with Gasteiger partial charge in [-0.2, -0.15) is 0 Å². The molecule has 0 radical (unpaired) electrons. The van der Waals surface area contributed by atoms with Crippen molar-refractivity contribution >= 4 is 28.3 Å². The molecule has 7 heteroatoms. The van der Waals surface area contributed by atoms with Gasteiger partial charge < -0.3 is 9.72 Å². The average Bonchev–Trinajstić information content (AvgIpc) is 2.80. The molecule has 1 aromatic heterocycles. The Bertz CT molecular complexity index is 658. The number of carbonyl (C=O) groups is 2. The Hall–Kier alpha value is -2.70. The number of para-hydroxylation sites is 1. The molecule has 0 atom stereocenters. The number of hydrogen-bond acceptors (Lipinski definition) is 5. The van der Waals surface area contributed by atoms with Gasteiger partial charge in [-0.05, 0) is 0 Å². The Morgan fingerprint density at radius 2 is 2.11 bits per heavy atom. The summed E-state index contributed by atoms with van der Waals surface area (Å²) in [6, 6.07) is 4.28. The minimum Gasteiger partial charge on any atom is -0.463 e. The lowest BCUT2D eigenvalue weighted by molar-refractivity contribution is -0.383. The van der Waals surface area contributed by atoms with E-state index in [0.717, 1.165) is 7.11 Å². The van der Waals surface area contributed by atoms with Crippen LogP contribution in [0.25, 0.3) is 10.9 Å². The standard InChI is InChI=1S/C11H8N2O5/c1-18-11(15)10(14)7-5-12-9-6(7)3-2-4-8(9)13(16)17/h2-5,12H,1H3.